The maximum atomic E-state index is 12.7. The van der Waals surface area contributed by atoms with Crippen molar-refractivity contribution in [3.8, 4) is 5.75 Å². The summed E-state index contributed by atoms with van der Waals surface area (Å²) in [5.74, 6) is -0.120. The van der Waals surface area contributed by atoms with Crippen LogP contribution in [0.5, 0.6) is 5.75 Å². The molecule has 4 atom stereocenters. The number of benzene rings is 2. The number of aliphatic hydroxyl groups excluding tert-OH is 2. The third-order valence-electron chi connectivity index (χ3n) is 6.47. The van der Waals surface area contributed by atoms with Crippen molar-refractivity contribution in [3.05, 3.63) is 79.7 Å². The van der Waals surface area contributed by atoms with Crippen molar-refractivity contribution in [2.75, 3.05) is 7.11 Å². The molecule has 1 fully saturated rings. The minimum absolute atomic E-state index is 0.130. The summed E-state index contributed by atoms with van der Waals surface area (Å²) in [5.41, 5.74) is -0.758. The van der Waals surface area contributed by atoms with Gasteiger partial charge in [-0.15, -0.1) is 0 Å². The number of ketones is 1. The molecule has 0 saturated carbocycles. The highest BCUT2D eigenvalue weighted by Crippen LogP contribution is 2.34. The van der Waals surface area contributed by atoms with Gasteiger partial charge in [0.15, 0.2) is 5.78 Å². The Hall–Kier alpha value is -3.64. The zero-order chi connectivity index (χ0) is 27.1. The van der Waals surface area contributed by atoms with Gasteiger partial charge in [0.05, 0.1) is 10.5 Å². The molecule has 2 N–H and O–H groups in total. The lowest BCUT2D eigenvalue weighted by atomic mass is 9.89. The molecule has 0 spiro atoms. The average Bonchev–Trinajstić information content (AvgIpc) is 2.85. The Labute approximate surface area is 211 Å². The van der Waals surface area contributed by atoms with E-state index in [0.717, 1.165) is 0 Å². The van der Waals surface area contributed by atoms with Crippen molar-refractivity contribution in [2.45, 2.75) is 57.4 Å². The number of nitrogens with zero attached hydrogens (tertiary/aromatic N) is 1. The summed E-state index contributed by atoms with van der Waals surface area (Å²) in [6.07, 6.45) is -4.88. The Morgan fingerprint density at radius 2 is 1.81 bits per heavy atom. The van der Waals surface area contributed by atoms with Crippen LogP contribution in [-0.2, 0) is 15.9 Å². The first kappa shape index (κ1) is 26.4. The number of Topliss-reactive ketones (excluding diaryl/α,β-unsaturated/α-hetero) is 1. The zero-order valence-corrected chi connectivity index (χ0v) is 20.7. The molecule has 0 radical (unpaired) electrons. The number of hydrogen-bond donors (Lipinski definition) is 2. The molecule has 0 bridgehead atoms. The van der Waals surface area contributed by atoms with Gasteiger partial charge in [-0.2, -0.15) is 0 Å². The van der Waals surface area contributed by atoms with Gasteiger partial charge in [0.25, 0.3) is 5.69 Å². The Balaban J connectivity index is 1.57. The number of nitro benzene ring substituents is 1. The number of carbonyl (C=O) groups excluding carboxylic acids is 1. The van der Waals surface area contributed by atoms with Crippen LogP contribution in [0.25, 0.3) is 11.0 Å². The lowest BCUT2D eigenvalue weighted by Crippen LogP contribution is -2.63. The van der Waals surface area contributed by atoms with Crippen LogP contribution in [0.4, 0.5) is 5.69 Å². The summed E-state index contributed by atoms with van der Waals surface area (Å²) in [6.45, 7) is 5.08. The lowest BCUT2D eigenvalue weighted by Gasteiger charge is -2.46. The molecule has 0 unspecified atom stereocenters. The molecule has 1 aromatic heterocycles. The molecule has 11 heteroatoms. The van der Waals surface area contributed by atoms with E-state index >= 15 is 0 Å². The number of fused-ring (bicyclic) bond motifs is 1. The van der Waals surface area contributed by atoms with Gasteiger partial charge < -0.3 is 28.8 Å². The van der Waals surface area contributed by atoms with Crippen molar-refractivity contribution in [1.29, 1.82) is 0 Å². The zero-order valence-electron chi connectivity index (χ0n) is 20.7. The lowest BCUT2D eigenvalue weighted by molar-refractivity contribution is -0.384. The molecule has 3 aromatic rings. The van der Waals surface area contributed by atoms with Crippen molar-refractivity contribution in [3.63, 3.8) is 0 Å². The number of non-ortho nitro benzene ring substituents is 1. The maximum Gasteiger partial charge on any atom is 0.339 e. The highest BCUT2D eigenvalue weighted by Gasteiger charge is 2.50. The van der Waals surface area contributed by atoms with E-state index in [4.69, 9.17) is 18.6 Å². The molecule has 1 aliphatic heterocycles. The first-order valence-corrected chi connectivity index (χ1v) is 11.5. The van der Waals surface area contributed by atoms with E-state index < -0.39 is 46.5 Å². The summed E-state index contributed by atoms with van der Waals surface area (Å²) in [7, 11) is 1.41. The van der Waals surface area contributed by atoms with Crippen LogP contribution in [0, 0.1) is 17.0 Å². The fourth-order valence-electron chi connectivity index (χ4n) is 4.47. The maximum absolute atomic E-state index is 12.7. The number of carbonyl (C=O) groups is 1. The summed E-state index contributed by atoms with van der Waals surface area (Å²) in [6, 6.07) is 9.92. The number of ether oxygens (including phenoxy) is 3. The molecule has 4 rings (SSSR count). The third-order valence-corrected chi connectivity index (χ3v) is 6.47. The molecule has 2 aromatic carbocycles. The molecule has 0 amide bonds. The van der Waals surface area contributed by atoms with Crippen LogP contribution in [0.2, 0.25) is 0 Å². The molecule has 196 valence electrons. The van der Waals surface area contributed by atoms with Crippen LogP contribution in [0.3, 0.4) is 0 Å². The molecule has 1 aliphatic rings. The van der Waals surface area contributed by atoms with Crippen LogP contribution in [0.15, 0.2) is 51.7 Å². The van der Waals surface area contributed by atoms with Gasteiger partial charge in [-0.1, -0.05) is 0 Å². The molecular formula is C26H27NO10. The fourth-order valence-corrected chi connectivity index (χ4v) is 4.47. The van der Waals surface area contributed by atoms with Crippen molar-refractivity contribution < 1.29 is 38.6 Å². The summed E-state index contributed by atoms with van der Waals surface area (Å²) in [5, 5.41) is 32.3. The Morgan fingerprint density at radius 3 is 2.43 bits per heavy atom. The number of aliphatic hydroxyl groups is 2. The van der Waals surface area contributed by atoms with Crippen molar-refractivity contribution in [2.24, 2.45) is 0 Å². The summed E-state index contributed by atoms with van der Waals surface area (Å²) < 4.78 is 22.5. The second-order valence-corrected chi connectivity index (χ2v) is 9.42. The normalized spacial score (nSPS) is 23.1. The number of methoxy groups -OCH3 is 1. The van der Waals surface area contributed by atoms with Gasteiger partial charge in [0, 0.05) is 47.7 Å². The highest BCUT2D eigenvalue weighted by molar-refractivity contribution is 5.98. The monoisotopic (exact) mass is 513 g/mol. The van der Waals surface area contributed by atoms with Crippen molar-refractivity contribution >= 4 is 22.4 Å². The van der Waals surface area contributed by atoms with Gasteiger partial charge >= 0.3 is 5.63 Å². The van der Waals surface area contributed by atoms with E-state index in [-0.39, 0.29) is 34.6 Å². The van der Waals surface area contributed by atoms with E-state index in [9.17, 15) is 29.9 Å². The van der Waals surface area contributed by atoms with E-state index in [1.54, 1.807) is 39.0 Å². The second-order valence-electron chi connectivity index (χ2n) is 9.42. The smallest absolute Gasteiger partial charge is 0.339 e. The third kappa shape index (κ3) is 5.12. The van der Waals surface area contributed by atoms with Crippen LogP contribution in [0.1, 0.15) is 35.3 Å². The van der Waals surface area contributed by atoms with E-state index in [1.165, 1.54) is 31.4 Å². The van der Waals surface area contributed by atoms with Crippen LogP contribution >= 0.6 is 0 Å². The van der Waals surface area contributed by atoms with Crippen LogP contribution < -0.4 is 10.4 Å². The first-order chi connectivity index (χ1) is 17.4. The van der Waals surface area contributed by atoms with E-state index in [0.29, 0.717) is 10.9 Å². The number of rotatable bonds is 7. The molecule has 11 nitrogen and oxygen atoms in total. The Morgan fingerprint density at radius 1 is 1.14 bits per heavy atom. The fraction of sp³-hybridized carbons (Fsp3) is 0.385. The van der Waals surface area contributed by atoms with Gasteiger partial charge in [0.1, 0.15) is 29.6 Å². The van der Waals surface area contributed by atoms with Gasteiger partial charge in [-0.3, -0.25) is 14.9 Å². The predicted molar refractivity (Wildman–Crippen MR) is 131 cm³/mol. The predicted octanol–water partition coefficient (Wildman–Crippen LogP) is 2.69. The van der Waals surface area contributed by atoms with E-state index in [1.807, 2.05) is 0 Å². The second kappa shape index (κ2) is 10.0. The number of nitro groups is 1. The Bertz CT molecular complexity index is 1390. The topological polar surface area (TPSA) is 159 Å². The van der Waals surface area contributed by atoms with Gasteiger partial charge in [-0.25, -0.2) is 4.79 Å². The standard InChI is InChI=1S/C26H27NO10/c1-13-19(35-25-21(30)20(29)23(34-4)26(2,3)37-25)10-7-15-11-16(24(31)36-22(13)15)12-18(28)14-5-8-17(9-6-14)27(32)33/h5-11,20-21,23,25,29-30H,12H2,1-4H3/t20-,21+,23+,25+/m0/s1. The molecule has 0 aliphatic carbocycles. The Kier molecular flexibility index (Phi) is 7.16. The number of hydrogen-bond acceptors (Lipinski definition) is 10. The SMILES string of the molecule is CO[C@@H]1[C@@H](O)[C@@H](O)[C@H](Oc2ccc3cc(CC(=O)c4ccc([N+](=O)[O-])cc4)c(=O)oc3c2C)OC1(C)C. The van der Waals surface area contributed by atoms with Crippen molar-refractivity contribution in [1.82, 2.24) is 0 Å². The summed E-state index contributed by atoms with van der Waals surface area (Å²) in [4.78, 5) is 35.6. The van der Waals surface area contributed by atoms with Crippen LogP contribution in [-0.4, -0.2) is 58.2 Å². The van der Waals surface area contributed by atoms with Gasteiger partial charge in [-0.05, 0) is 51.1 Å². The quantitative estimate of drug-likeness (QED) is 0.208. The first-order valence-electron chi connectivity index (χ1n) is 11.5. The minimum Gasteiger partial charge on any atom is -0.462 e. The van der Waals surface area contributed by atoms with Gasteiger partial charge in [0.2, 0.25) is 6.29 Å². The highest BCUT2D eigenvalue weighted by atomic mass is 16.7. The number of aryl methyl sites for hydroxylation is 1. The summed E-state index contributed by atoms with van der Waals surface area (Å²) >= 11 is 0. The minimum atomic E-state index is -1.40. The largest absolute Gasteiger partial charge is 0.462 e. The molecule has 1 saturated heterocycles. The average molecular weight is 513 g/mol. The molecule has 37 heavy (non-hydrogen) atoms. The van der Waals surface area contributed by atoms with E-state index in [2.05, 4.69) is 0 Å². The molecule has 2 heterocycles. The molecular weight excluding hydrogens is 486 g/mol.